The van der Waals surface area contributed by atoms with Crippen molar-refractivity contribution in [3.63, 3.8) is 0 Å². The van der Waals surface area contributed by atoms with Gasteiger partial charge in [0.25, 0.3) is 0 Å². The quantitative estimate of drug-likeness (QED) is 0.561. The molecule has 0 aromatic heterocycles. The second kappa shape index (κ2) is 3.63. The Hall–Kier alpha value is -1.27. The summed E-state index contributed by atoms with van der Waals surface area (Å²) in [4.78, 5) is 12.8. The van der Waals surface area contributed by atoms with E-state index in [-0.39, 0.29) is 0 Å². The van der Waals surface area contributed by atoms with Crippen molar-refractivity contribution in [3.8, 4) is 0 Å². The summed E-state index contributed by atoms with van der Waals surface area (Å²) >= 11 is 0. The Labute approximate surface area is 78.2 Å². The van der Waals surface area contributed by atoms with E-state index in [0.717, 1.165) is 13.1 Å². The number of carbonyl (C=O) groups excluding carboxylic acids is 1. The molecule has 0 aromatic rings. The fraction of sp³-hybridized carbons (Fsp3) is 0.455. The van der Waals surface area contributed by atoms with Crippen molar-refractivity contribution >= 4 is 5.94 Å². The highest BCUT2D eigenvalue weighted by atomic mass is 16.1. The van der Waals surface area contributed by atoms with E-state index in [1.165, 1.54) is 18.5 Å². The van der Waals surface area contributed by atoms with Gasteiger partial charge < -0.3 is 4.90 Å². The first-order valence-electron chi connectivity index (χ1n) is 4.68. The topological polar surface area (TPSA) is 20.3 Å². The van der Waals surface area contributed by atoms with Crippen LogP contribution in [0.25, 0.3) is 0 Å². The van der Waals surface area contributed by atoms with Crippen LogP contribution < -0.4 is 0 Å². The molecule has 2 heteroatoms. The zero-order valence-corrected chi connectivity index (χ0v) is 7.55. The molecule has 0 atom stereocenters. The number of allylic oxidation sites excluding steroid dienone is 4. The fourth-order valence-electron chi connectivity index (χ4n) is 1.82. The molecule has 0 aromatic carbocycles. The van der Waals surface area contributed by atoms with Gasteiger partial charge in [-0.1, -0.05) is 6.08 Å². The van der Waals surface area contributed by atoms with Gasteiger partial charge in [-0.25, -0.2) is 4.79 Å². The fourth-order valence-corrected chi connectivity index (χ4v) is 1.82. The standard InChI is InChI=1S/C11H12NO/c13-9-10-4-3-5-11(8-10)12-6-1-2-7-12/h3,5H,1-2,6-8H2. The molecule has 0 N–H and O–H groups in total. The normalized spacial score (nSPS) is 21.7. The van der Waals surface area contributed by atoms with Crippen molar-refractivity contribution < 1.29 is 4.79 Å². The highest BCUT2D eigenvalue weighted by molar-refractivity contribution is 5.57. The van der Waals surface area contributed by atoms with Crippen LogP contribution in [0.3, 0.4) is 0 Å². The van der Waals surface area contributed by atoms with E-state index in [2.05, 4.69) is 11.0 Å². The summed E-state index contributed by atoms with van der Waals surface area (Å²) < 4.78 is 0. The van der Waals surface area contributed by atoms with E-state index in [1.54, 1.807) is 0 Å². The molecule has 2 rings (SSSR count). The lowest BCUT2D eigenvalue weighted by Crippen LogP contribution is -2.19. The van der Waals surface area contributed by atoms with Gasteiger partial charge in [-0.05, 0) is 25.0 Å². The minimum Gasteiger partial charge on any atom is -0.375 e. The third-order valence-electron chi connectivity index (χ3n) is 2.53. The van der Waals surface area contributed by atoms with Crippen LogP contribution in [0.1, 0.15) is 19.3 Å². The Morgan fingerprint density at radius 1 is 1.38 bits per heavy atom. The second-order valence-corrected chi connectivity index (χ2v) is 3.42. The second-order valence-electron chi connectivity index (χ2n) is 3.42. The average molecular weight is 174 g/mol. The van der Waals surface area contributed by atoms with Crippen LogP contribution in [0.5, 0.6) is 0 Å². The molecule has 13 heavy (non-hydrogen) atoms. The van der Waals surface area contributed by atoms with Crippen molar-refractivity contribution in [2.75, 3.05) is 13.1 Å². The van der Waals surface area contributed by atoms with Crippen LogP contribution >= 0.6 is 0 Å². The van der Waals surface area contributed by atoms with Gasteiger partial charge in [0.1, 0.15) is 5.94 Å². The summed E-state index contributed by atoms with van der Waals surface area (Å²) in [7, 11) is 0. The number of rotatable bonds is 1. The summed E-state index contributed by atoms with van der Waals surface area (Å²) in [5.41, 5.74) is 1.89. The predicted molar refractivity (Wildman–Crippen MR) is 50.5 cm³/mol. The van der Waals surface area contributed by atoms with Gasteiger partial charge in [0.15, 0.2) is 0 Å². The van der Waals surface area contributed by atoms with Crippen molar-refractivity contribution in [1.82, 2.24) is 4.90 Å². The molecule has 1 saturated heterocycles. The Kier molecular flexibility index (Phi) is 2.33. The maximum absolute atomic E-state index is 10.4. The molecule has 1 aliphatic carbocycles. The maximum Gasteiger partial charge on any atom is 0.128 e. The summed E-state index contributed by atoms with van der Waals surface area (Å²) in [6.45, 7) is 2.26. The molecule has 0 spiro atoms. The van der Waals surface area contributed by atoms with Crippen LogP contribution in [0.2, 0.25) is 0 Å². The molecule has 1 aliphatic heterocycles. The van der Waals surface area contributed by atoms with Gasteiger partial charge in [-0.2, -0.15) is 0 Å². The van der Waals surface area contributed by atoms with Gasteiger partial charge in [-0.3, -0.25) is 0 Å². The number of nitrogens with zero attached hydrogens (tertiary/aromatic N) is 1. The minimum atomic E-state index is 0.643. The van der Waals surface area contributed by atoms with Crippen LogP contribution in [-0.2, 0) is 4.79 Å². The van der Waals surface area contributed by atoms with E-state index in [0.29, 0.717) is 12.0 Å². The third-order valence-corrected chi connectivity index (χ3v) is 2.53. The molecule has 0 bridgehead atoms. The lowest BCUT2D eigenvalue weighted by atomic mass is 10.1. The summed E-state index contributed by atoms with van der Waals surface area (Å²) in [6, 6.07) is 0. The molecule has 67 valence electrons. The Bertz CT molecular complexity index is 302. The van der Waals surface area contributed by atoms with Crippen molar-refractivity contribution in [1.29, 1.82) is 0 Å². The number of likely N-dealkylation sites (tertiary alicyclic amines) is 1. The van der Waals surface area contributed by atoms with Crippen LogP contribution in [-0.4, -0.2) is 23.9 Å². The van der Waals surface area contributed by atoms with Crippen LogP contribution in [0.15, 0.2) is 23.4 Å². The van der Waals surface area contributed by atoms with Crippen LogP contribution in [0.4, 0.5) is 0 Å². The predicted octanol–water partition coefficient (Wildman–Crippen LogP) is 1.49. The van der Waals surface area contributed by atoms with Crippen LogP contribution in [0, 0.1) is 6.08 Å². The molecular weight excluding hydrogens is 162 g/mol. The van der Waals surface area contributed by atoms with Gasteiger partial charge >= 0.3 is 0 Å². The molecule has 1 heterocycles. The molecule has 1 radical (unpaired) electrons. The summed E-state index contributed by atoms with van der Waals surface area (Å²) in [6.07, 6.45) is 10.00. The lowest BCUT2D eigenvalue weighted by molar-refractivity contribution is 0.416. The molecule has 1 fully saturated rings. The van der Waals surface area contributed by atoms with Crippen molar-refractivity contribution in [3.05, 3.63) is 29.5 Å². The van der Waals surface area contributed by atoms with E-state index in [1.807, 2.05) is 18.1 Å². The zero-order valence-electron chi connectivity index (χ0n) is 7.55. The lowest BCUT2D eigenvalue weighted by Gasteiger charge is -2.22. The highest BCUT2D eigenvalue weighted by Crippen LogP contribution is 2.22. The molecule has 0 amide bonds. The third kappa shape index (κ3) is 1.73. The summed E-state index contributed by atoms with van der Waals surface area (Å²) in [5.74, 6) is 1.91. The maximum atomic E-state index is 10.4. The number of hydrogen-bond donors (Lipinski definition) is 0. The van der Waals surface area contributed by atoms with E-state index < -0.39 is 0 Å². The Morgan fingerprint density at radius 2 is 2.15 bits per heavy atom. The van der Waals surface area contributed by atoms with Gasteiger partial charge in [0.05, 0.1) is 0 Å². The van der Waals surface area contributed by atoms with Gasteiger partial charge in [-0.15, -0.1) is 0 Å². The Morgan fingerprint density at radius 3 is 2.85 bits per heavy atom. The summed E-state index contributed by atoms with van der Waals surface area (Å²) in [5, 5.41) is 0. The largest absolute Gasteiger partial charge is 0.375 e. The van der Waals surface area contributed by atoms with E-state index in [4.69, 9.17) is 0 Å². The van der Waals surface area contributed by atoms with Crippen molar-refractivity contribution in [2.24, 2.45) is 0 Å². The van der Waals surface area contributed by atoms with Gasteiger partial charge in [0.2, 0.25) is 0 Å². The first-order chi connectivity index (χ1) is 6.40. The molecular formula is C11H12NO. The van der Waals surface area contributed by atoms with Gasteiger partial charge in [0, 0.05) is 30.8 Å². The molecule has 0 unspecified atom stereocenters. The first kappa shape index (κ1) is 8.33. The Balaban J connectivity index is 2.11. The molecule has 2 nitrogen and oxygen atoms in total. The smallest absolute Gasteiger partial charge is 0.128 e. The van der Waals surface area contributed by atoms with Crippen molar-refractivity contribution in [2.45, 2.75) is 19.3 Å². The minimum absolute atomic E-state index is 0.643. The molecule has 0 saturated carbocycles. The highest BCUT2D eigenvalue weighted by Gasteiger charge is 2.16. The van der Waals surface area contributed by atoms with E-state index in [9.17, 15) is 4.79 Å². The SMILES string of the molecule is O=C=C1[C]=CC=C(N2CCCC2)C1. The monoisotopic (exact) mass is 174 g/mol. The van der Waals surface area contributed by atoms with E-state index >= 15 is 0 Å². The molecule has 2 aliphatic rings. The first-order valence-corrected chi connectivity index (χ1v) is 4.68. The number of hydrogen-bond acceptors (Lipinski definition) is 2. The average Bonchev–Trinajstić information content (AvgIpc) is 2.71. The zero-order chi connectivity index (χ0) is 9.10.